The Morgan fingerprint density at radius 3 is 2.78 bits per heavy atom. The molecule has 0 aromatic heterocycles. The Bertz CT molecular complexity index is 368. The first-order chi connectivity index (χ1) is 8.57. The molecule has 7 heteroatoms. The standard InChI is InChI=1S/C11H23N3O2S2/c1-13(11-5-7-17-9-11)18(15,16)14-6-3-2-4-10(14)8-12/h10-11H,2-9,12H2,1H3. The molecule has 5 nitrogen and oxygen atoms in total. The summed E-state index contributed by atoms with van der Waals surface area (Å²) in [4.78, 5) is 0. The molecule has 0 radical (unpaired) electrons. The minimum Gasteiger partial charge on any atom is -0.329 e. The van der Waals surface area contributed by atoms with Gasteiger partial charge < -0.3 is 5.73 Å². The molecule has 2 rings (SSSR count). The number of hydrogen-bond donors (Lipinski definition) is 1. The maximum Gasteiger partial charge on any atom is 0.282 e. The van der Waals surface area contributed by atoms with Gasteiger partial charge in [-0.25, -0.2) is 0 Å². The summed E-state index contributed by atoms with van der Waals surface area (Å²) in [7, 11) is -1.62. The van der Waals surface area contributed by atoms with Gasteiger partial charge in [-0.2, -0.15) is 28.8 Å². The van der Waals surface area contributed by atoms with Gasteiger partial charge in [0.15, 0.2) is 0 Å². The van der Waals surface area contributed by atoms with E-state index in [-0.39, 0.29) is 12.1 Å². The maximum atomic E-state index is 12.6. The van der Waals surface area contributed by atoms with Crippen molar-refractivity contribution >= 4 is 22.0 Å². The zero-order valence-corrected chi connectivity index (χ0v) is 12.5. The monoisotopic (exact) mass is 293 g/mol. The molecule has 2 unspecified atom stereocenters. The van der Waals surface area contributed by atoms with Crippen molar-refractivity contribution in [2.45, 2.75) is 37.8 Å². The second-order valence-corrected chi connectivity index (χ2v) is 8.13. The van der Waals surface area contributed by atoms with E-state index >= 15 is 0 Å². The highest BCUT2D eigenvalue weighted by atomic mass is 32.2. The fraction of sp³-hybridized carbons (Fsp3) is 1.00. The van der Waals surface area contributed by atoms with Gasteiger partial charge in [0.1, 0.15) is 0 Å². The highest BCUT2D eigenvalue weighted by Gasteiger charge is 2.37. The number of rotatable bonds is 4. The third kappa shape index (κ3) is 2.85. The predicted octanol–water partition coefficient (Wildman–Crippen LogP) is 0.482. The highest BCUT2D eigenvalue weighted by molar-refractivity contribution is 7.99. The van der Waals surface area contributed by atoms with Gasteiger partial charge >= 0.3 is 0 Å². The van der Waals surface area contributed by atoms with Gasteiger partial charge in [-0.05, 0) is 25.0 Å². The Balaban J connectivity index is 2.12. The molecule has 0 bridgehead atoms. The van der Waals surface area contributed by atoms with Crippen LogP contribution in [0, 0.1) is 0 Å². The average Bonchev–Trinajstić information content (AvgIpc) is 2.91. The molecule has 0 aliphatic carbocycles. The van der Waals surface area contributed by atoms with Crippen LogP contribution in [0.2, 0.25) is 0 Å². The minimum absolute atomic E-state index is 0.0137. The zero-order valence-electron chi connectivity index (χ0n) is 10.9. The lowest BCUT2D eigenvalue weighted by atomic mass is 10.1. The third-order valence-corrected chi connectivity index (χ3v) is 7.17. The van der Waals surface area contributed by atoms with E-state index in [0.29, 0.717) is 13.1 Å². The van der Waals surface area contributed by atoms with Crippen LogP contribution in [0.4, 0.5) is 0 Å². The second-order valence-electron chi connectivity index (χ2n) is 5.04. The SMILES string of the molecule is CN(C1CCSC1)S(=O)(=O)N1CCCCC1CN. The lowest BCUT2D eigenvalue weighted by Crippen LogP contribution is -2.54. The van der Waals surface area contributed by atoms with E-state index in [2.05, 4.69) is 0 Å². The molecule has 18 heavy (non-hydrogen) atoms. The molecule has 2 aliphatic rings. The van der Waals surface area contributed by atoms with Crippen LogP contribution >= 0.6 is 11.8 Å². The molecular weight excluding hydrogens is 270 g/mol. The quantitative estimate of drug-likeness (QED) is 0.819. The molecule has 0 aromatic rings. The Kier molecular flexibility index (Phi) is 4.93. The summed E-state index contributed by atoms with van der Waals surface area (Å²) in [6.45, 7) is 1.04. The van der Waals surface area contributed by atoms with Crippen molar-refractivity contribution in [2.24, 2.45) is 5.73 Å². The first-order valence-corrected chi connectivity index (χ1v) is 9.15. The number of nitrogens with zero attached hydrogens (tertiary/aromatic N) is 2. The summed E-state index contributed by atoms with van der Waals surface area (Å²) in [5.41, 5.74) is 5.72. The van der Waals surface area contributed by atoms with E-state index in [9.17, 15) is 8.42 Å². The number of nitrogens with two attached hydrogens (primary N) is 1. The van der Waals surface area contributed by atoms with Crippen LogP contribution in [0.1, 0.15) is 25.7 Å². The van der Waals surface area contributed by atoms with E-state index in [4.69, 9.17) is 5.73 Å². The van der Waals surface area contributed by atoms with Crippen LogP contribution in [0.15, 0.2) is 0 Å². The Morgan fingerprint density at radius 1 is 1.39 bits per heavy atom. The van der Waals surface area contributed by atoms with E-state index in [0.717, 1.165) is 37.2 Å². The maximum absolute atomic E-state index is 12.6. The summed E-state index contributed by atoms with van der Waals surface area (Å²) in [5, 5.41) is 0. The number of thioether (sulfide) groups is 1. The van der Waals surface area contributed by atoms with Crippen molar-refractivity contribution in [3.8, 4) is 0 Å². The molecule has 2 atom stereocenters. The molecule has 2 saturated heterocycles. The number of hydrogen-bond acceptors (Lipinski definition) is 4. The van der Waals surface area contributed by atoms with E-state index in [1.165, 1.54) is 0 Å². The second kappa shape index (κ2) is 6.09. The van der Waals surface area contributed by atoms with Gasteiger partial charge in [0.2, 0.25) is 0 Å². The molecule has 2 heterocycles. The van der Waals surface area contributed by atoms with Crippen molar-refractivity contribution in [1.82, 2.24) is 8.61 Å². The molecule has 0 aromatic carbocycles. The summed E-state index contributed by atoms with van der Waals surface area (Å²) in [5.74, 6) is 1.97. The van der Waals surface area contributed by atoms with Crippen molar-refractivity contribution in [1.29, 1.82) is 0 Å². The topological polar surface area (TPSA) is 66.6 Å². The summed E-state index contributed by atoms with van der Waals surface area (Å²) >= 11 is 1.83. The van der Waals surface area contributed by atoms with E-state index in [1.807, 2.05) is 11.8 Å². The van der Waals surface area contributed by atoms with Crippen molar-refractivity contribution in [3.05, 3.63) is 0 Å². The van der Waals surface area contributed by atoms with Crippen LogP contribution in [0.25, 0.3) is 0 Å². The van der Waals surface area contributed by atoms with Crippen molar-refractivity contribution in [3.63, 3.8) is 0 Å². The van der Waals surface area contributed by atoms with Crippen molar-refractivity contribution in [2.75, 3.05) is 31.6 Å². The van der Waals surface area contributed by atoms with Crippen molar-refractivity contribution < 1.29 is 8.42 Å². The summed E-state index contributed by atoms with van der Waals surface area (Å²) in [6, 6.07) is 0.139. The molecular formula is C11H23N3O2S2. The first kappa shape index (κ1) is 14.6. The molecule has 0 amide bonds. The number of piperidine rings is 1. The molecule has 2 aliphatic heterocycles. The third-order valence-electron chi connectivity index (χ3n) is 3.93. The molecule has 0 saturated carbocycles. The fourth-order valence-corrected chi connectivity index (χ4v) is 5.85. The fourth-order valence-electron chi connectivity index (χ4n) is 2.68. The molecule has 2 N–H and O–H groups in total. The van der Waals surface area contributed by atoms with Gasteiger partial charge in [0.25, 0.3) is 10.2 Å². The van der Waals surface area contributed by atoms with Crippen LogP contribution in [-0.4, -0.2) is 60.8 Å². The molecule has 0 spiro atoms. The van der Waals surface area contributed by atoms with Gasteiger partial charge in [0, 0.05) is 38.0 Å². The van der Waals surface area contributed by atoms with Crippen LogP contribution in [0.3, 0.4) is 0 Å². The van der Waals surface area contributed by atoms with Gasteiger partial charge in [0.05, 0.1) is 0 Å². The summed E-state index contributed by atoms with van der Waals surface area (Å²) < 4.78 is 28.5. The largest absolute Gasteiger partial charge is 0.329 e. The zero-order chi connectivity index (χ0) is 13.2. The Hall–Kier alpha value is 0.180. The smallest absolute Gasteiger partial charge is 0.282 e. The van der Waals surface area contributed by atoms with Gasteiger partial charge in [-0.1, -0.05) is 6.42 Å². The lowest BCUT2D eigenvalue weighted by molar-refractivity contribution is 0.233. The van der Waals surface area contributed by atoms with E-state index < -0.39 is 10.2 Å². The molecule has 106 valence electrons. The minimum atomic E-state index is -3.33. The van der Waals surface area contributed by atoms with Gasteiger partial charge in [-0.15, -0.1) is 0 Å². The Morgan fingerprint density at radius 2 is 2.17 bits per heavy atom. The van der Waals surface area contributed by atoms with Crippen LogP contribution in [0.5, 0.6) is 0 Å². The molecule has 2 fully saturated rings. The first-order valence-electron chi connectivity index (χ1n) is 6.60. The lowest BCUT2D eigenvalue weighted by Gasteiger charge is -2.37. The normalized spacial score (nSPS) is 31.1. The van der Waals surface area contributed by atoms with E-state index in [1.54, 1.807) is 15.7 Å². The highest BCUT2D eigenvalue weighted by Crippen LogP contribution is 2.27. The Labute approximate surface area is 114 Å². The average molecular weight is 293 g/mol. The van der Waals surface area contributed by atoms with Gasteiger partial charge in [-0.3, -0.25) is 0 Å². The summed E-state index contributed by atoms with van der Waals surface area (Å²) in [6.07, 6.45) is 3.88. The van der Waals surface area contributed by atoms with Crippen LogP contribution in [-0.2, 0) is 10.2 Å². The predicted molar refractivity (Wildman–Crippen MR) is 75.8 cm³/mol. The van der Waals surface area contributed by atoms with Crippen LogP contribution < -0.4 is 5.73 Å².